The molecule has 0 heterocycles. The van der Waals surface area contributed by atoms with Crippen molar-refractivity contribution < 1.29 is 19.5 Å². The number of carboxylic acid groups (broad SMARTS) is 1. The summed E-state index contributed by atoms with van der Waals surface area (Å²) >= 11 is 0. The highest BCUT2D eigenvalue weighted by molar-refractivity contribution is 5.99. The third-order valence-corrected chi connectivity index (χ3v) is 4.77. The molecular formula is C19H25NO4. The average molecular weight is 331 g/mol. The van der Waals surface area contributed by atoms with E-state index in [0.29, 0.717) is 18.4 Å². The molecule has 1 aliphatic rings. The van der Waals surface area contributed by atoms with Gasteiger partial charge in [0, 0.05) is 18.4 Å². The van der Waals surface area contributed by atoms with E-state index in [4.69, 9.17) is 0 Å². The summed E-state index contributed by atoms with van der Waals surface area (Å²) in [5.74, 6) is -1.42. The molecule has 1 fully saturated rings. The monoisotopic (exact) mass is 331 g/mol. The highest BCUT2D eigenvalue weighted by Gasteiger charge is 2.40. The molecule has 1 amide bonds. The summed E-state index contributed by atoms with van der Waals surface area (Å²) in [6, 6.07) is 5.66. The molecule has 5 nitrogen and oxygen atoms in total. The largest absolute Gasteiger partial charge is 0.480 e. The van der Waals surface area contributed by atoms with E-state index in [2.05, 4.69) is 5.32 Å². The van der Waals surface area contributed by atoms with Crippen LogP contribution in [0.15, 0.2) is 18.2 Å². The Morgan fingerprint density at radius 3 is 2.38 bits per heavy atom. The van der Waals surface area contributed by atoms with Gasteiger partial charge in [0.2, 0.25) is 5.91 Å². The molecule has 2 rings (SSSR count). The van der Waals surface area contributed by atoms with Crippen LogP contribution in [-0.2, 0) is 9.59 Å². The van der Waals surface area contributed by atoms with E-state index in [1.165, 1.54) is 0 Å². The Bertz CT molecular complexity index is 645. The van der Waals surface area contributed by atoms with Crippen LogP contribution in [0.4, 0.5) is 0 Å². The van der Waals surface area contributed by atoms with Gasteiger partial charge in [0.15, 0.2) is 5.78 Å². The lowest BCUT2D eigenvalue weighted by Crippen LogP contribution is -2.55. The van der Waals surface area contributed by atoms with Gasteiger partial charge < -0.3 is 10.4 Å². The Morgan fingerprint density at radius 2 is 1.75 bits per heavy atom. The Labute approximate surface area is 142 Å². The highest BCUT2D eigenvalue weighted by atomic mass is 16.4. The second-order valence-corrected chi connectivity index (χ2v) is 6.74. The van der Waals surface area contributed by atoms with E-state index in [-0.39, 0.29) is 24.5 Å². The molecule has 0 radical (unpaired) electrons. The lowest BCUT2D eigenvalue weighted by Gasteiger charge is -2.34. The fourth-order valence-electron chi connectivity index (χ4n) is 3.28. The SMILES string of the molecule is Cc1ccc(C)c(C(=O)CCC(=O)NC2(C(=O)O)CCCCC2)c1. The predicted molar refractivity (Wildman–Crippen MR) is 91.1 cm³/mol. The first-order chi connectivity index (χ1) is 11.3. The lowest BCUT2D eigenvalue weighted by atomic mass is 9.81. The number of hydrogen-bond donors (Lipinski definition) is 2. The summed E-state index contributed by atoms with van der Waals surface area (Å²) in [6.07, 6.45) is 3.61. The zero-order valence-electron chi connectivity index (χ0n) is 14.4. The van der Waals surface area contributed by atoms with Crippen molar-refractivity contribution in [2.24, 2.45) is 0 Å². The molecule has 0 unspecified atom stereocenters. The van der Waals surface area contributed by atoms with Gasteiger partial charge in [-0.25, -0.2) is 4.79 Å². The van der Waals surface area contributed by atoms with Crippen LogP contribution in [0.25, 0.3) is 0 Å². The number of hydrogen-bond acceptors (Lipinski definition) is 3. The van der Waals surface area contributed by atoms with Gasteiger partial charge in [-0.2, -0.15) is 0 Å². The van der Waals surface area contributed by atoms with E-state index in [9.17, 15) is 19.5 Å². The van der Waals surface area contributed by atoms with Gasteiger partial charge in [-0.1, -0.05) is 37.0 Å². The van der Waals surface area contributed by atoms with Crippen LogP contribution < -0.4 is 5.32 Å². The summed E-state index contributed by atoms with van der Waals surface area (Å²) in [5, 5.41) is 12.2. The Balaban J connectivity index is 1.96. The zero-order chi connectivity index (χ0) is 17.7. The van der Waals surface area contributed by atoms with E-state index in [0.717, 1.165) is 30.4 Å². The molecule has 1 saturated carbocycles. The minimum Gasteiger partial charge on any atom is -0.480 e. The zero-order valence-corrected chi connectivity index (χ0v) is 14.4. The van der Waals surface area contributed by atoms with Gasteiger partial charge in [0.25, 0.3) is 0 Å². The summed E-state index contributed by atoms with van der Waals surface area (Å²) < 4.78 is 0. The van der Waals surface area contributed by atoms with Crippen LogP contribution in [0, 0.1) is 13.8 Å². The number of amides is 1. The Morgan fingerprint density at radius 1 is 1.08 bits per heavy atom. The normalized spacial score (nSPS) is 16.4. The van der Waals surface area contributed by atoms with Gasteiger partial charge in [0.05, 0.1) is 0 Å². The standard InChI is InChI=1S/C19H25NO4/c1-13-6-7-14(2)15(12-13)16(21)8-9-17(22)20-19(18(23)24)10-4-3-5-11-19/h6-7,12H,3-5,8-11H2,1-2H3,(H,20,22)(H,23,24). The van der Waals surface area contributed by atoms with Crippen molar-refractivity contribution in [1.29, 1.82) is 0 Å². The fraction of sp³-hybridized carbons (Fsp3) is 0.526. The van der Waals surface area contributed by atoms with Crippen molar-refractivity contribution in [3.05, 3.63) is 34.9 Å². The first kappa shape index (κ1) is 18.2. The molecule has 2 N–H and O–H groups in total. The van der Waals surface area contributed by atoms with E-state index >= 15 is 0 Å². The molecular weight excluding hydrogens is 306 g/mol. The van der Waals surface area contributed by atoms with Crippen LogP contribution in [0.2, 0.25) is 0 Å². The number of ketones is 1. The third kappa shape index (κ3) is 4.22. The molecule has 24 heavy (non-hydrogen) atoms. The summed E-state index contributed by atoms with van der Waals surface area (Å²) in [7, 11) is 0. The van der Waals surface area contributed by atoms with Gasteiger partial charge in [0.1, 0.15) is 5.54 Å². The number of nitrogens with one attached hydrogen (secondary N) is 1. The van der Waals surface area contributed by atoms with Crippen molar-refractivity contribution >= 4 is 17.7 Å². The molecule has 0 saturated heterocycles. The quantitative estimate of drug-likeness (QED) is 0.784. The van der Waals surface area contributed by atoms with Crippen LogP contribution in [-0.4, -0.2) is 28.3 Å². The maximum absolute atomic E-state index is 12.3. The van der Waals surface area contributed by atoms with Crippen LogP contribution in [0.1, 0.15) is 66.4 Å². The molecule has 0 aliphatic heterocycles. The molecule has 0 atom stereocenters. The molecule has 0 bridgehead atoms. The van der Waals surface area contributed by atoms with Crippen molar-refractivity contribution in [3.63, 3.8) is 0 Å². The van der Waals surface area contributed by atoms with Crippen molar-refractivity contribution in [2.75, 3.05) is 0 Å². The number of Topliss-reactive ketones (excluding diaryl/α,β-unsaturated/α-hetero) is 1. The number of carbonyl (C=O) groups excluding carboxylic acids is 2. The average Bonchev–Trinajstić information content (AvgIpc) is 2.55. The van der Waals surface area contributed by atoms with Gasteiger partial charge in [-0.05, 0) is 38.3 Å². The maximum Gasteiger partial charge on any atom is 0.329 e. The fourth-order valence-corrected chi connectivity index (χ4v) is 3.28. The first-order valence-electron chi connectivity index (χ1n) is 8.49. The predicted octanol–water partition coefficient (Wildman–Crippen LogP) is 3.17. The molecule has 1 aromatic rings. The van der Waals surface area contributed by atoms with E-state index < -0.39 is 11.5 Å². The minimum absolute atomic E-state index is 0.0151. The first-order valence-corrected chi connectivity index (χ1v) is 8.49. The van der Waals surface area contributed by atoms with Gasteiger partial charge >= 0.3 is 5.97 Å². The van der Waals surface area contributed by atoms with Crippen molar-refractivity contribution in [3.8, 4) is 0 Å². The summed E-state index contributed by atoms with van der Waals surface area (Å²) in [4.78, 5) is 36.1. The third-order valence-electron chi connectivity index (χ3n) is 4.77. The number of aliphatic carboxylic acids is 1. The van der Waals surface area contributed by atoms with Crippen LogP contribution in [0.3, 0.4) is 0 Å². The molecule has 1 aliphatic carbocycles. The minimum atomic E-state index is -1.16. The molecule has 1 aromatic carbocycles. The summed E-state index contributed by atoms with van der Waals surface area (Å²) in [6.45, 7) is 3.79. The number of rotatable bonds is 6. The van der Waals surface area contributed by atoms with Crippen molar-refractivity contribution in [1.82, 2.24) is 5.32 Å². The number of carboxylic acids is 1. The van der Waals surface area contributed by atoms with Gasteiger partial charge in [-0.15, -0.1) is 0 Å². The van der Waals surface area contributed by atoms with E-state index in [1.54, 1.807) is 0 Å². The lowest BCUT2D eigenvalue weighted by molar-refractivity contribution is -0.149. The van der Waals surface area contributed by atoms with Crippen LogP contribution in [0.5, 0.6) is 0 Å². The molecule has 0 aromatic heterocycles. The Kier molecular flexibility index (Phi) is 5.75. The van der Waals surface area contributed by atoms with E-state index in [1.807, 2.05) is 32.0 Å². The maximum atomic E-state index is 12.3. The second-order valence-electron chi connectivity index (χ2n) is 6.74. The number of benzene rings is 1. The van der Waals surface area contributed by atoms with Crippen LogP contribution >= 0.6 is 0 Å². The molecule has 0 spiro atoms. The van der Waals surface area contributed by atoms with Gasteiger partial charge in [-0.3, -0.25) is 9.59 Å². The second kappa shape index (κ2) is 7.60. The summed E-state index contributed by atoms with van der Waals surface area (Å²) in [5.41, 5.74) is 1.37. The number of carbonyl (C=O) groups is 3. The number of aryl methyl sites for hydroxylation is 2. The highest BCUT2D eigenvalue weighted by Crippen LogP contribution is 2.28. The molecule has 5 heteroatoms. The smallest absolute Gasteiger partial charge is 0.329 e. The van der Waals surface area contributed by atoms with Crippen molar-refractivity contribution in [2.45, 2.75) is 64.3 Å². The Hall–Kier alpha value is -2.17. The topological polar surface area (TPSA) is 83.5 Å². The molecule has 130 valence electrons.